The zero-order chi connectivity index (χ0) is 13.2. The zero-order valence-electron chi connectivity index (χ0n) is 10.2. The van der Waals surface area contributed by atoms with Crippen molar-refractivity contribution in [1.82, 2.24) is 14.5 Å². The lowest BCUT2D eigenvalue weighted by Crippen LogP contribution is -2.04. The SMILES string of the molecule is OCCn1c(-c2cncc(O)c2)nc2ccccc21. The van der Waals surface area contributed by atoms with E-state index in [0.717, 1.165) is 16.6 Å². The van der Waals surface area contributed by atoms with Crippen LogP contribution in [-0.2, 0) is 6.54 Å². The van der Waals surface area contributed by atoms with Crippen LogP contribution < -0.4 is 0 Å². The van der Waals surface area contributed by atoms with Crippen LogP contribution in [-0.4, -0.2) is 31.4 Å². The number of fused-ring (bicyclic) bond motifs is 1. The Morgan fingerprint density at radius 1 is 1.16 bits per heavy atom. The average Bonchev–Trinajstić information content (AvgIpc) is 2.79. The number of para-hydroxylation sites is 2. The van der Waals surface area contributed by atoms with Crippen LogP contribution in [0.25, 0.3) is 22.4 Å². The first kappa shape index (κ1) is 11.7. The average molecular weight is 255 g/mol. The second kappa shape index (κ2) is 4.70. The molecule has 96 valence electrons. The molecule has 0 bridgehead atoms. The molecular formula is C14H13N3O2. The monoisotopic (exact) mass is 255 g/mol. The van der Waals surface area contributed by atoms with Gasteiger partial charge in [-0.25, -0.2) is 4.98 Å². The molecule has 1 aromatic carbocycles. The number of aromatic nitrogens is 3. The van der Waals surface area contributed by atoms with Crippen LogP contribution in [0.4, 0.5) is 0 Å². The van der Waals surface area contributed by atoms with Crippen molar-refractivity contribution in [2.45, 2.75) is 6.54 Å². The van der Waals surface area contributed by atoms with Crippen LogP contribution in [0, 0.1) is 0 Å². The highest BCUT2D eigenvalue weighted by atomic mass is 16.3. The Balaban J connectivity index is 2.25. The number of hydrogen-bond acceptors (Lipinski definition) is 4. The van der Waals surface area contributed by atoms with Gasteiger partial charge in [-0.3, -0.25) is 4.98 Å². The summed E-state index contributed by atoms with van der Waals surface area (Å²) >= 11 is 0. The highest BCUT2D eigenvalue weighted by molar-refractivity contribution is 5.80. The molecule has 0 aliphatic heterocycles. The molecule has 0 spiro atoms. The van der Waals surface area contributed by atoms with Gasteiger partial charge in [0.25, 0.3) is 0 Å². The van der Waals surface area contributed by atoms with Crippen molar-refractivity contribution in [2.24, 2.45) is 0 Å². The van der Waals surface area contributed by atoms with Crippen molar-refractivity contribution in [3.8, 4) is 17.1 Å². The number of benzene rings is 1. The second-order valence-electron chi connectivity index (χ2n) is 4.23. The highest BCUT2D eigenvalue weighted by Crippen LogP contribution is 2.25. The molecule has 0 unspecified atom stereocenters. The van der Waals surface area contributed by atoms with Crippen molar-refractivity contribution in [3.63, 3.8) is 0 Å². The summed E-state index contributed by atoms with van der Waals surface area (Å²) in [4.78, 5) is 8.51. The van der Waals surface area contributed by atoms with E-state index in [4.69, 9.17) is 0 Å². The first-order chi connectivity index (χ1) is 9.29. The van der Waals surface area contributed by atoms with Crippen LogP contribution in [0.2, 0.25) is 0 Å². The highest BCUT2D eigenvalue weighted by Gasteiger charge is 2.12. The molecule has 0 aliphatic rings. The minimum absolute atomic E-state index is 0.0274. The van der Waals surface area contributed by atoms with Gasteiger partial charge in [0.1, 0.15) is 11.6 Å². The van der Waals surface area contributed by atoms with E-state index in [1.165, 1.54) is 6.20 Å². The Morgan fingerprint density at radius 3 is 2.79 bits per heavy atom. The Bertz CT molecular complexity index is 722. The third-order valence-corrected chi connectivity index (χ3v) is 2.96. The minimum atomic E-state index is 0.0274. The van der Waals surface area contributed by atoms with Crippen LogP contribution in [0.15, 0.2) is 42.7 Å². The normalized spacial score (nSPS) is 11.0. The molecule has 0 fully saturated rings. The Hall–Kier alpha value is -2.40. The van der Waals surface area contributed by atoms with E-state index in [1.807, 2.05) is 28.8 Å². The van der Waals surface area contributed by atoms with Crippen molar-refractivity contribution >= 4 is 11.0 Å². The molecule has 19 heavy (non-hydrogen) atoms. The third-order valence-electron chi connectivity index (χ3n) is 2.96. The summed E-state index contributed by atoms with van der Waals surface area (Å²) in [5, 5.41) is 18.7. The number of nitrogens with zero attached hydrogens (tertiary/aromatic N) is 3. The van der Waals surface area contributed by atoms with E-state index in [2.05, 4.69) is 9.97 Å². The molecule has 0 atom stereocenters. The molecule has 0 amide bonds. The fourth-order valence-electron chi connectivity index (χ4n) is 2.17. The van der Waals surface area contributed by atoms with Crippen LogP contribution in [0.1, 0.15) is 0 Å². The molecule has 0 saturated heterocycles. The smallest absolute Gasteiger partial charge is 0.142 e. The molecule has 2 aromatic heterocycles. The summed E-state index contributed by atoms with van der Waals surface area (Å²) in [5.41, 5.74) is 2.54. The maximum absolute atomic E-state index is 9.52. The molecular weight excluding hydrogens is 242 g/mol. The Morgan fingerprint density at radius 2 is 2.00 bits per heavy atom. The number of aliphatic hydroxyl groups excluding tert-OH is 1. The number of aromatic hydroxyl groups is 1. The Kier molecular flexibility index (Phi) is 2.89. The second-order valence-corrected chi connectivity index (χ2v) is 4.23. The lowest BCUT2D eigenvalue weighted by Gasteiger charge is -2.07. The summed E-state index contributed by atoms with van der Waals surface area (Å²) in [6, 6.07) is 9.34. The van der Waals surface area contributed by atoms with Crippen molar-refractivity contribution < 1.29 is 10.2 Å². The number of hydrogen-bond donors (Lipinski definition) is 2. The fraction of sp³-hybridized carbons (Fsp3) is 0.143. The topological polar surface area (TPSA) is 71.2 Å². The molecule has 3 aromatic rings. The molecule has 3 rings (SSSR count). The van der Waals surface area contributed by atoms with E-state index in [-0.39, 0.29) is 12.4 Å². The summed E-state index contributed by atoms with van der Waals surface area (Å²) in [7, 11) is 0. The van der Waals surface area contributed by atoms with Gasteiger partial charge >= 0.3 is 0 Å². The van der Waals surface area contributed by atoms with Crippen LogP contribution in [0.5, 0.6) is 5.75 Å². The molecule has 0 aliphatic carbocycles. The number of rotatable bonds is 3. The van der Waals surface area contributed by atoms with Gasteiger partial charge in [0.2, 0.25) is 0 Å². The van der Waals surface area contributed by atoms with Gasteiger partial charge in [0.15, 0.2) is 0 Å². The molecule has 2 heterocycles. The number of imidazole rings is 1. The van der Waals surface area contributed by atoms with Gasteiger partial charge in [-0.05, 0) is 18.2 Å². The predicted molar refractivity (Wildman–Crippen MR) is 71.7 cm³/mol. The van der Waals surface area contributed by atoms with E-state index >= 15 is 0 Å². The summed E-state index contributed by atoms with van der Waals surface area (Å²) in [6.07, 6.45) is 3.03. The predicted octanol–water partition coefficient (Wildman–Crippen LogP) is 1.80. The largest absolute Gasteiger partial charge is 0.506 e. The van der Waals surface area contributed by atoms with E-state index in [1.54, 1.807) is 12.3 Å². The van der Waals surface area contributed by atoms with Crippen LogP contribution in [0.3, 0.4) is 0 Å². The van der Waals surface area contributed by atoms with E-state index in [0.29, 0.717) is 12.4 Å². The van der Waals surface area contributed by atoms with Gasteiger partial charge in [0.05, 0.1) is 23.8 Å². The first-order valence-corrected chi connectivity index (χ1v) is 6.00. The fourth-order valence-corrected chi connectivity index (χ4v) is 2.17. The van der Waals surface area contributed by atoms with Crippen molar-refractivity contribution in [3.05, 3.63) is 42.7 Å². The summed E-state index contributed by atoms with van der Waals surface area (Å²) in [5.74, 6) is 0.791. The molecule has 0 saturated carbocycles. The lowest BCUT2D eigenvalue weighted by molar-refractivity contribution is 0.278. The quantitative estimate of drug-likeness (QED) is 0.748. The summed E-state index contributed by atoms with van der Waals surface area (Å²) < 4.78 is 1.92. The van der Waals surface area contributed by atoms with Crippen molar-refractivity contribution in [1.29, 1.82) is 0 Å². The Labute approximate surface area is 109 Å². The van der Waals surface area contributed by atoms with E-state index in [9.17, 15) is 10.2 Å². The van der Waals surface area contributed by atoms with E-state index < -0.39 is 0 Å². The molecule has 0 radical (unpaired) electrons. The maximum Gasteiger partial charge on any atom is 0.142 e. The molecule has 5 heteroatoms. The minimum Gasteiger partial charge on any atom is -0.506 e. The molecule has 2 N–H and O–H groups in total. The lowest BCUT2D eigenvalue weighted by atomic mass is 10.2. The summed E-state index contributed by atoms with van der Waals surface area (Å²) in [6.45, 7) is 0.477. The van der Waals surface area contributed by atoms with Crippen LogP contribution >= 0.6 is 0 Å². The van der Waals surface area contributed by atoms with Crippen molar-refractivity contribution in [2.75, 3.05) is 6.61 Å². The zero-order valence-corrected chi connectivity index (χ0v) is 10.2. The standard InChI is InChI=1S/C14H13N3O2/c18-6-5-17-13-4-2-1-3-12(13)16-14(17)10-7-11(19)9-15-8-10/h1-4,7-9,18-19H,5-6H2. The van der Waals surface area contributed by atoms with Gasteiger partial charge in [0, 0.05) is 18.3 Å². The van der Waals surface area contributed by atoms with Gasteiger partial charge in [-0.2, -0.15) is 0 Å². The first-order valence-electron chi connectivity index (χ1n) is 6.00. The number of aliphatic hydroxyl groups is 1. The maximum atomic E-state index is 9.52. The van der Waals surface area contributed by atoms with Gasteiger partial charge in [-0.1, -0.05) is 12.1 Å². The molecule has 5 nitrogen and oxygen atoms in total. The van der Waals surface area contributed by atoms with Gasteiger partial charge in [-0.15, -0.1) is 0 Å². The third kappa shape index (κ3) is 2.04. The number of pyridine rings is 1. The van der Waals surface area contributed by atoms with Gasteiger partial charge < -0.3 is 14.8 Å².